The van der Waals surface area contributed by atoms with Crippen molar-refractivity contribution in [1.29, 1.82) is 0 Å². The van der Waals surface area contributed by atoms with Gasteiger partial charge in [0.1, 0.15) is 16.4 Å². The molecule has 0 fully saturated rings. The van der Waals surface area contributed by atoms with E-state index in [-0.39, 0.29) is 11.4 Å². The van der Waals surface area contributed by atoms with Crippen LogP contribution in [0.5, 0.6) is 11.5 Å². The van der Waals surface area contributed by atoms with Crippen molar-refractivity contribution in [3.05, 3.63) is 30.4 Å². The van der Waals surface area contributed by atoms with Gasteiger partial charge < -0.3 is 9.47 Å². The number of aryl methyl sites for hydroxylation is 1. The molecule has 0 radical (unpaired) electrons. The van der Waals surface area contributed by atoms with Crippen LogP contribution in [-0.4, -0.2) is 29.2 Å². The topological polar surface area (TPSA) is 64.6 Å². The van der Waals surface area contributed by atoms with Crippen LogP contribution >= 0.6 is 0 Å². The Morgan fingerprint density at radius 2 is 1.95 bits per heavy atom. The third-order valence-electron chi connectivity index (χ3n) is 3.30. The van der Waals surface area contributed by atoms with Gasteiger partial charge in [-0.05, 0) is 24.5 Å². The Hall–Kier alpha value is -1.53. The normalized spacial score (nSPS) is 11.2. The zero-order valence-corrected chi connectivity index (χ0v) is 14.3. The smallest absolute Gasteiger partial charge is 0.244 e. The first-order chi connectivity index (χ1) is 10.5. The van der Waals surface area contributed by atoms with Gasteiger partial charge in [-0.3, -0.25) is 0 Å². The SMILES string of the molecule is C=CCNS(=O)(=O)c1c(CCCCC)cc(OC)cc1OC. The maximum Gasteiger partial charge on any atom is 0.244 e. The second-order valence-electron chi connectivity index (χ2n) is 4.92. The quantitative estimate of drug-likeness (QED) is 0.530. The number of ether oxygens (including phenoxy) is 2. The number of hydrogen-bond donors (Lipinski definition) is 1. The van der Waals surface area contributed by atoms with E-state index in [2.05, 4.69) is 18.2 Å². The summed E-state index contributed by atoms with van der Waals surface area (Å²) in [6.45, 7) is 5.81. The highest BCUT2D eigenvalue weighted by Crippen LogP contribution is 2.33. The van der Waals surface area contributed by atoms with Gasteiger partial charge in [0.05, 0.1) is 14.2 Å². The molecule has 22 heavy (non-hydrogen) atoms. The molecule has 1 aromatic rings. The average molecular weight is 327 g/mol. The van der Waals surface area contributed by atoms with E-state index in [0.29, 0.717) is 23.5 Å². The van der Waals surface area contributed by atoms with Crippen molar-refractivity contribution in [3.63, 3.8) is 0 Å². The Bertz CT molecular complexity index is 596. The Kier molecular flexibility index (Phi) is 7.41. The molecule has 0 aliphatic heterocycles. The first kappa shape index (κ1) is 18.5. The van der Waals surface area contributed by atoms with Crippen LogP contribution < -0.4 is 14.2 Å². The lowest BCUT2D eigenvalue weighted by atomic mass is 10.1. The maximum absolute atomic E-state index is 12.5. The molecule has 0 bridgehead atoms. The third-order valence-corrected chi connectivity index (χ3v) is 4.84. The van der Waals surface area contributed by atoms with Crippen LogP contribution in [0.2, 0.25) is 0 Å². The van der Waals surface area contributed by atoms with Crippen molar-refractivity contribution in [3.8, 4) is 11.5 Å². The van der Waals surface area contributed by atoms with Crippen molar-refractivity contribution in [2.45, 2.75) is 37.5 Å². The van der Waals surface area contributed by atoms with Gasteiger partial charge in [0.15, 0.2) is 0 Å². The van der Waals surface area contributed by atoms with Crippen LogP contribution in [0.3, 0.4) is 0 Å². The Balaban J connectivity index is 3.33. The van der Waals surface area contributed by atoms with Crippen molar-refractivity contribution in [2.75, 3.05) is 20.8 Å². The van der Waals surface area contributed by atoms with Crippen LogP contribution in [0.4, 0.5) is 0 Å². The number of methoxy groups -OCH3 is 2. The first-order valence-electron chi connectivity index (χ1n) is 7.35. The van der Waals surface area contributed by atoms with Crippen LogP contribution in [-0.2, 0) is 16.4 Å². The fraction of sp³-hybridized carbons (Fsp3) is 0.500. The maximum atomic E-state index is 12.5. The van der Waals surface area contributed by atoms with Gasteiger partial charge in [-0.2, -0.15) is 0 Å². The van der Waals surface area contributed by atoms with E-state index in [1.54, 1.807) is 19.2 Å². The molecule has 6 heteroatoms. The molecular weight excluding hydrogens is 302 g/mol. The van der Waals surface area contributed by atoms with E-state index >= 15 is 0 Å². The fourth-order valence-corrected chi connectivity index (χ4v) is 3.59. The second kappa shape index (κ2) is 8.80. The molecule has 0 saturated carbocycles. The van der Waals surface area contributed by atoms with Gasteiger partial charge in [0.25, 0.3) is 0 Å². The van der Waals surface area contributed by atoms with E-state index < -0.39 is 10.0 Å². The van der Waals surface area contributed by atoms with Crippen LogP contribution in [0.25, 0.3) is 0 Å². The molecule has 1 aromatic carbocycles. The molecule has 0 heterocycles. The highest BCUT2D eigenvalue weighted by atomic mass is 32.2. The minimum atomic E-state index is -3.66. The molecule has 0 atom stereocenters. The standard InChI is InChI=1S/C16H25NO4S/c1-5-7-8-9-13-11-14(20-3)12-15(21-4)16(13)22(18,19)17-10-6-2/h6,11-12,17H,2,5,7-10H2,1,3-4H3. The monoisotopic (exact) mass is 327 g/mol. The highest BCUT2D eigenvalue weighted by Gasteiger charge is 2.24. The lowest BCUT2D eigenvalue weighted by molar-refractivity contribution is 0.384. The van der Waals surface area contributed by atoms with Crippen molar-refractivity contribution < 1.29 is 17.9 Å². The van der Waals surface area contributed by atoms with Gasteiger partial charge in [-0.1, -0.05) is 25.8 Å². The molecule has 0 aliphatic carbocycles. The van der Waals surface area contributed by atoms with Gasteiger partial charge in [-0.15, -0.1) is 6.58 Å². The Morgan fingerprint density at radius 1 is 1.23 bits per heavy atom. The van der Waals surface area contributed by atoms with E-state index in [1.807, 2.05) is 0 Å². The molecule has 0 aliphatic rings. The number of hydrogen-bond acceptors (Lipinski definition) is 4. The summed E-state index contributed by atoms with van der Waals surface area (Å²) in [5.74, 6) is 0.883. The molecule has 0 saturated heterocycles. The van der Waals surface area contributed by atoms with Gasteiger partial charge in [0, 0.05) is 12.6 Å². The van der Waals surface area contributed by atoms with Gasteiger partial charge >= 0.3 is 0 Å². The largest absolute Gasteiger partial charge is 0.497 e. The third kappa shape index (κ3) is 4.74. The predicted octanol–water partition coefficient (Wildman–Crippen LogP) is 2.90. The predicted molar refractivity (Wildman–Crippen MR) is 88.2 cm³/mol. The number of rotatable bonds is 10. The molecule has 1 rings (SSSR count). The summed E-state index contributed by atoms with van der Waals surface area (Å²) < 4.78 is 38.1. The summed E-state index contributed by atoms with van der Waals surface area (Å²) in [5, 5.41) is 0. The van der Waals surface area contributed by atoms with Crippen molar-refractivity contribution in [1.82, 2.24) is 4.72 Å². The minimum Gasteiger partial charge on any atom is -0.497 e. The zero-order chi connectivity index (χ0) is 16.6. The number of benzene rings is 1. The van der Waals surface area contributed by atoms with E-state index in [0.717, 1.165) is 19.3 Å². The number of sulfonamides is 1. The van der Waals surface area contributed by atoms with E-state index in [4.69, 9.17) is 9.47 Å². The molecule has 0 aromatic heterocycles. The van der Waals surface area contributed by atoms with Crippen LogP contribution in [0.15, 0.2) is 29.7 Å². The van der Waals surface area contributed by atoms with E-state index in [1.165, 1.54) is 13.2 Å². The average Bonchev–Trinajstić information content (AvgIpc) is 2.52. The number of unbranched alkanes of at least 4 members (excludes halogenated alkanes) is 2. The highest BCUT2D eigenvalue weighted by molar-refractivity contribution is 7.89. The molecule has 1 N–H and O–H groups in total. The van der Waals surface area contributed by atoms with Crippen molar-refractivity contribution >= 4 is 10.0 Å². The molecule has 5 nitrogen and oxygen atoms in total. The summed E-state index contributed by atoms with van der Waals surface area (Å²) in [6.07, 6.45) is 5.18. The molecule has 124 valence electrons. The Labute approximate surface area is 133 Å². The van der Waals surface area contributed by atoms with E-state index in [9.17, 15) is 8.42 Å². The molecule has 0 spiro atoms. The summed E-state index contributed by atoms with van der Waals surface area (Å²) in [6, 6.07) is 3.35. The number of nitrogens with one attached hydrogen (secondary N) is 1. The first-order valence-corrected chi connectivity index (χ1v) is 8.83. The summed E-state index contributed by atoms with van der Waals surface area (Å²) >= 11 is 0. The summed E-state index contributed by atoms with van der Waals surface area (Å²) in [7, 11) is -0.654. The Morgan fingerprint density at radius 3 is 2.50 bits per heavy atom. The lowest BCUT2D eigenvalue weighted by Gasteiger charge is -2.16. The fourth-order valence-electron chi connectivity index (χ4n) is 2.20. The van der Waals surface area contributed by atoms with Crippen LogP contribution in [0, 0.1) is 0 Å². The lowest BCUT2D eigenvalue weighted by Crippen LogP contribution is -2.25. The van der Waals surface area contributed by atoms with Gasteiger partial charge in [-0.25, -0.2) is 13.1 Å². The summed E-state index contributed by atoms with van der Waals surface area (Å²) in [4.78, 5) is 0.189. The molecule has 0 amide bonds. The van der Waals surface area contributed by atoms with Crippen LogP contribution in [0.1, 0.15) is 31.7 Å². The second-order valence-corrected chi connectivity index (χ2v) is 6.62. The summed E-state index contributed by atoms with van der Waals surface area (Å²) in [5.41, 5.74) is 0.709. The van der Waals surface area contributed by atoms with Gasteiger partial charge in [0.2, 0.25) is 10.0 Å². The zero-order valence-electron chi connectivity index (χ0n) is 13.5. The minimum absolute atomic E-state index is 0.173. The molecular formula is C16H25NO4S. The molecule has 0 unspecified atom stereocenters. The van der Waals surface area contributed by atoms with Crippen molar-refractivity contribution in [2.24, 2.45) is 0 Å².